The van der Waals surface area contributed by atoms with Crippen LogP contribution >= 0.6 is 24.0 Å². The molecule has 1 fully saturated rings. The quantitative estimate of drug-likeness (QED) is 0.310. The van der Waals surface area contributed by atoms with Gasteiger partial charge in [0.2, 0.25) is 0 Å². The van der Waals surface area contributed by atoms with Crippen LogP contribution in [0.2, 0.25) is 0 Å². The zero-order valence-corrected chi connectivity index (χ0v) is 19.3. The van der Waals surface area contributed by atoms with Gasteiger partial charge in [0.15, 0.2) is 5.96 Å². The SMILES string of the molecule is COc1ccc(C2(CN=C(N)Nc3ccc(OC(F)(F)F)cc3)CCOCC2)cc1.I. The molecule has 6 nitrogen and oxygen atoms in total. The van der Waals surface area contributed by atoms with E-state index < -0.39 is 6.36 Å². The number of anilines is 1. The van der Waals surface area contributed by atoms with Gasteiger partial charge in [0.1, 0.15) is 11.5 Å². The van der Waals surface area contributed by atoms with Crippen molar-refractivity contribution in [3.63, 3.8) is 0 Å². The van der Waals surface area contributed by atoms with E-state index >= 15 is 0 Å². The summed E-state index contributed by atoms with van der Waals surface area (Å²) in [7, 11) is 1.62. The van der Waals surface area contributed by atoms with Crippen LogP contribution in [0.1, 0.15) is 18.4 Å². The van der Waals surface area contributed by atoms with Crippen LogP contribution in [-0.2, 0) is 10.2 Å². The monoisotopic (exact) mass is 551 g/mol. The lowest BCUT2D eigenvalue weighted by Crippen LogP contribution is -2.38. The Morgan fingerprint density at radius 3 is 2.19 bits per heavy atom. The van der Waals surface area contributed by atoms with Crippen molar-refractivity contribution in [1.82, 2.24) is 0 Å². The van der Waals surface area contributed by atoms with Crippen LogP contribution in [0.3, 0.4) is 0 Å². The van der Waals surface area contributed by atoms with Gasteiger partial charge < -0.3 is 25.3 Å². The first-order valence-electron chi connectivity index (χ1n) is 9.45. The highest BCUT2D eigenvalue weighted by atomic mass is 127. The Morgan fingerprint density at radius 2 is 1.65 bits per heavy atom. The van der Waals surface area contributed by atoms with Crippen LogP contribution in [-0.4, -0.2) is 39.2 Å². The lowest BCUT2D eigenvalue weighted by atomic mass is 9.74. The summed E-state index contributed by atoms with van der Waals surface area (Å²) in [5.41, 5.74) is 7.46. The summed E-state index contributed by atoms with van der Waals surface area (Å²) in [4.78, 5) is 4.50. The smallest absolute Gasteiger partial charge is 0.497 e. The molecule has 0 aliphatic carbocycles. The molecular weight excluding hydrogens is 526 g/mol. The van der Waals surface area contributed by atoms with E-state index in [0.29, 0.717) is 25.4 Å². The molecule has 1 aliphatic rings. The Morgan fingerprint density at radius 1 is 1.06 bits per heavy atom. The predicted molar refractivity (Wildman–Crippen MR) is 123 cm³/mol. The molecule has 0 unspecified atom stereocenters. The molecule has 1 aliphatic heterocycles. The number of rotatable bonds is 6. The molecule has 2 aromatic carbocycles. The van der Waals surface area contributed by atoms with Crippen LogP contribution in [0.15, 0.2) is 53.5 Å². The van der Waals surface area contributed by atoms with Crippen molar-refractivity contribution < 1.29 is 27.4 Å². The largest absolute Gasteiger partial charge is 0.573 e. The standard InChI is InChI=1S/C21H24F3N3O3.HI/c1-28-17-6-2-15(3-7-17)20(10-12-29-13-11-20)14-26-19(25)27-16-4-8-18(9-5-16)30-21(22,23)24;/h2-9H,10-14H2,1H3,(H3,25,26,27);1H. The Hall–Kier alpha value is -2.21. The molecule has 0 bridgehead atoms. The number of nitrogens with one attached hydrogen (secondary N) is 1. The molecule has 0 radical (unpaired) electrons. The lowest BCUT2D eigenvalue weighted by molar-refractivity contribution is -0.274. The van der Waals surface area contributed by atoms with E-state index in [-0.39, 0.29) is 41.1 Å². The van der Waals surface area contributed by atoms with Crippen molar-refractivity contribution in [2.75, 3.05) is 32.2 Å². The number of hydrogen-bond donors (Lipinski definition) is 2. The number of nitrogens with two attached hydrogens (primary N) is 1. The number of alkyl halides is 3. The molecule has 0 amide bonds. The fourth-order valence-corrected chi connectivity index (χ4v) is 3.41. The second-order valence-electron chi connectivity index (χ2n) is 7.02. The van der Waals surface area contributed by atoms with Gasteiger partial charge in [0, 0.05) is 24.3 Å². The summed E-state index contributed by atoms with van der Waals surface area (Å²) in [6, 6.07) is 13.2. The van der Waals surface area contributed by atoms with E-state index in [1.165, 1.54) is 24.3 Å². The van der Waals surface area contributed by atoms with Crippen molar-refractivity contribution >= 4 is 35.6 Å². The van der Waals surface area contributed by atoms with Crippen molar-refractivity contribution in [2.45, 2.75) is 24.6 Å². The molecular formula is C21H25F3IN3O3. The minimum Gasteiger partial charge on any atom is -0.497 e. The highest BCUT2D eigenvalue weighted by Gasteiger charge is 2.34. The number of nitrogens with zero attached hydrogens (tertiary/aromatic N) is 1. The number of methoxy groups -OCH3 is 1. The van der Waals surface area contributed by atoms with Gasteiger partial charge in [-0.05, 0) is 54.8 Å². The zero-order chi connectivity index (χ0) is 21.6. The first kappa shape index (κ1) is 25.1. The molecule has 1 saturated heterocycles. The molecule has 0 aromatic heterocycles. The Kier molecular flexibility index (Phi) is 8.80. The van der Waals surface area contributed by atoms with Crippen LogP contribution < -0.4 is 20.5 Å². The molecule has 31 heavy (non-hydrogen) atoms. The van der Waals surface area contributed by atoms with Gasteiger partial charge in [-0.1, -0.05) is 12.1 Å². The molecule has 1 heterocycles. The number of halogens is 4. The number of aliphatic imine (C=N–C) groups is 1. The normalized spacial score (nSPS) is 16.2. The number of benzene rings is 2. The highest BCUT2D eigenvalue weighted by Crippen LogP contribution is 2.36. The number of guanidine groups is 1. The van der Waals surface area contributed by atoms with E-state index in [9.17, 15) is 13.2 Å². The van der Waals surface area contributed by atoms with Gasteiger partial charge in [0.05, 0.1) is 13.7 Å². The summed E-state index contributed by atoms with van der Waals surface area (Å²) < 4.78 is 51.4. The molecule has 170 valence electrons. The number of hydrogen-bond acceptors (Lipinski definition) is 4. The molecule has 0 saturated carbocycles. The van der Waals surface area contributed by atoms with Crippen molar-refractivity contribution in [3.8, 4) is 11.5 Å². The first-order chi connectivity index (χ1) is 14.3. The molecule has 0 atom stereocenters. The van der Waals surface area contributed by atoms with Crippen molar-refractivity contribution in [1.29, 1.82) is 0 Å². The maximum atomic E-state index is 12.3. The third-order valence-corrected chi connectivity index (χ3v) is 5.06. The number of ether oxygens (including phenoxy) is 3. The van der Waals surface area contributed by atoms with Crippen molar-refractivity contribution in [3.05, 3.63) is 54.1 Å². The molecule has 3 N–H and O–H groups in total. The lowest BCUT2D eigenvalue weighted by Gasteiger charge is -2.36. The summed E-state index contributed by atoms with van der Waals surface area (Å²) in [5.74, 6) is 0.659. The van der Waals surface area contributed by atoms with E-state index in [2.05, 4.69) is 15.0 Å². The summed E-state index contributed by atoms with van der Waals surface area (Å²) in [6.45, 7) is 1.72. The topological polar surface area (TPSA) is 78.1 Å². The molecule has 2 aromatic rings. The first-order valence-corrected chi connectivity index (χ1v) is 9.45. The van der Waals surface area contributed by atoms with Gasteiger partial charge in [0.25, 0.3) is 0 Å². The van der Waals surface area contributed by atoms with Crippen LogP contribution in [0, 0.1) is 0 Å². The van der Waals surface area contributed by atoms with Gasteiger partial charge >= 0.3 is 6.36 Å². The molecule has 10 heteroatoms. The second kappa shape index (κ2) is 10.9. The van der Waals surface area contributed by atoms with Gasteiger partial charge in [-0.2, -0.15) is 0 Å². The van der Waals surface area contributed by atoms with Crippen LogP contribution in [0.25, 0.3) is 0 Å². The summed E-state index contributed by atoms with van der Waals surface area (Å²) in [5, 5.41) is 2.90. The average Bonchev–Trinajstić information content (AvgIpc) is 2.73. The zero-order valence-electron chi connectivity index (χ0n) is 16.9. The summed E-state index contributed by atoms with van der Waals surface area (Å²) >= 11 is 0. The van der Waals surface area contributed by atoms with Crippen LogP contribution in [0.4, 0.5) is 18.9 Å². The Bertz CT molecular complexity index is 853. The third-order valence-electron chi connectivity index (χ3n) is 5.06. The van der Waals surface area contributed by atoms with E-state index in [1.54, 1.807) is 7.11 Å². The highest BCUT2D eigenvalue weighted by molar-refractivity contribution is 14.0. The van der Waals surface area contributed by atoms with E-state index in [4.69, 9.17) is 15.2 Å². The maximum absolute atomic E-state index is 12.3. The van der Waals surface area contributed by atoms with Crippen molar-refractivity contribution in [2.24, 2.45) is 10.7 Å². The summed E-state index contributed by atoms with van der Waals surface area (Å²) in [6.07, 6.45) is -3.12. The van der Waals surface area contributed by atoms with Gasteiger partial charge in [-0.3, -0.25) is 4.99 Å². The minimum absolute atomic E-state index is 0. The van der Waals surface area contributed by atoms with Gasteiger partial charge in [-0.15, -0.1) is 37.1 Å². The Labute approximate surface area is 196 Å². The average molecular weight is 551 g/mol. The minimum atomic E-state index is -4.73. The second-order valence-corrected chi connectivity index (χ2v) is 7.02. The fourth-order valence-electron chi connectivity index (χ4n) is 3.41. The predicted octanol–water partition coefficient (Wildman–Crippen LogP) is 4.69. The molecule has 3 rings (SSSR count). The van der Waals surface area contributed by atoms with E-state index in [1.807, 2.05) is 24.3 Å². The third kappa shape index (κ3) is 7.17. The van der Waals surface area contributed by atoms with Crippen LogP contribution in [0.5, 0.6) is 11.5 Å². The Balaban J connectivity index is 0.00000341. The molecule has 0 spiro atoms. The fraction of sp³-hybridized carbons (Fsp3) is 0.381. The maximum Gasteiger partial charge on any atom is 0.573 e. The van der Waals surface area contributed by atoms with Gasteiger partial charge in [-0.25, -0.2) is 0 Å². The van der Waals surface area contributed by atoms with E-state index in [0.717, 1.165) is 24.2 Å².